The number of benzene rings is 1. The Bertz CT molecular complexity index is 1210. The van der Waals surface area contributed by atoms with Crippen LogP contribution in [0.3, 0.4) is 0 Å². The lowest BCUT2D eigenvalue weighted by Gasteiger charge is -2.40. The van der Waals surface area contributed by atoms with Gasteiger partial charge in [-0.2, -0.15) is 0 Å². The molecule has 0 heterocycles. The Morgan fingerprint density at radius 2 is 1.61 bits per heavy atom. The van der Waals surface area contributed by atoms with E-state index in [-0.39, 0.29) is 41.3 Å². The van der Waals surface area contributed by atoms with Crippen molar-refractivity contribution < 1.29 is 28.5 Å². The minimum atomic E-state index is -2.06. The second-order valence-corrected chi connectivity index (χ2v) is 19.5. The molecular formula is C38H61IO6Si. The van der Waals surface area contributed by atoms with Crippen molar-refractivity contribution >= 4 is 36.7 Å². The first-order valence-corrected chi connectivity index (χ1v) is 20.4. The van der Waals surface area contributed by atoms with Crippen LogP contribution < -0.4 is 4.74 Å². The molecule has 1 rings (SSSR count). The number of carbonyl (C=O) groups excluding carboxylic acids is 1. The van der Waals surface area contributed by atoms with Gasteiger partial charge >= 0.3 is 0 Å². The van der Waals surface area contributed by atoms with Crippen LogP contribution in [0, 0.1) is 11.8 Å². The third-order valence-electron chi connectivity index (χ3n) is 9.01. The van der Waals surface area contributed by atoms with Crippen LogP contribution >= 0.6 is 22.6 Å². The number of aliphatic hydroxyl groups excluding tert-OH is 1. The number of allylic oxidation sites excluding steroid dienone is 2. The van der Waals surface area contributed by atoms with Crippen molar-refractivity contribution in [2.45, 2.75) is 118 Å². The summed E-state index contributed by atoms with van der Waals surface area (Å²) in [6, 6.07) is 7.95. The molecule has 0 aliphatic heterocycles. The first kappa shape index (κ1) is 42.5. The molecule has 6 nitrogen and oxygen atoms in total. The highest BCUT2D eigenvalue weighted by Gasteiger charge is 2.39. The van der Waals surface area contributed by atoms with E-state index in [2.05, 4.69) is 82.5 Å². The third-order valence-corrected chi connectivity index (χ3v) is 14.5. The molecule has 0 aromatic heterocycles. The number of rotatable bonds is 19. The quantitative estimate of drug-likeness (QED) is 0.0497. The first-order chi connectivity index (χ1) is 21.4. The largest absolute Gasteiger partial charge is 0.497 e. The van der Waals surface area contributed by atoms with Gasteiger partial charge in [0.2, 0.25) is 0 Å². The van der Waals surface area contributed by atoms with E-state index in [4.69, 9.17) is 18.6 Å². The predicted octanol–water partition coefficient (Wildman–Crippen LogP) is 9.78. The van der Waals surface area contributed by atoms with E-state index >= 15 is 0 Å². The summed E-state index contributed by atoms with van der Waals surface area (Å²) in [5.74, 6) is 0.575. The molecule has 0 saturated carbocycles. The number of carbonyl (C=O) groups is 1. The molecule has 0 aliphatic carbocycles. The molecule has 1 aromatic rings. The van der Waals surface area contributed by atoms with Gasteiger partial charge in [0.05, 0.1) is 38.6 Å². The highest BCUT2D eigenvalue weighted by Crippen LogP contribution is 2.38. The molecule has 260 valence electrons. The summed E-state index contributed by atoms with van der Waals surface area (Å²) in [6.07, 6.45) is 6.08. The Labute approximate surface area is 295 Å². The highest BCUT2D eigenvalue weighted by atomic mass is 127. The number of halogens is 1. The smallest absolute Gasteiger partial charge is 0.192 e. The Balaban J connectivity index is 3.04. The summed E-state index contributed by atoms with van der Waals surface area (Å²) in [6.45, 7) is 24.6. The summed E-state index contributed by atoms with van der Waals surface area (Å²) >= 11 is 2.16. The number of hydrogen-bond acceptors (Lipinski definition) is 6. The number of ketones is 1. The molecule has 0 fully saturated rings. The molecular weight excluding hydrogens is 707 g/mol. The van der Waals surface area contributed by atoms with Gasteiger partial charge in [-0.25, -0.2) is 0 Å². The second kappa shape index (κ2) is 20.1. The van der Waals surface area contributed by atoms with Crippen molar-refractivity contribution in [1.29, 1.82) is 0 Å². The van der Waals surface area contributed by atoms with E-state index in [0.717, 1.165) is 34.5 Å². The lowest BCUT2D eigenvalue weighted by Crippen LogP contribution is -2.45. The van der Waals surface area contributed by atoms with Crippen molar-refractivity contribution in [2.75, 3.05) is 20.8 Å². The molecule has 0 bridgehead atoms. The van der Waals surface area contributed by atoms with Gasteiger partial charge in [-0.3, -0.25) is 4.79 Å². The molecule has 0 aliphatic rings. The van der Waals surface area contributed by atoms with E-state index in [1.165, 1.54) is 5.57 Å². The molecule has 0 amide bonds. The maximum Gasteiger partial charge on any atom is 0.192 e. The monoisotopic (exact) mass is 768 g/mol. The van der Waals surface area contributed by atoms with Crippen LogP contribution in [-0.4, -0.2) is 58.3 Å². The van der Waals surface area contributed by atoms with Gasteiger partial charge < -0.3 is 23.7 Å². The number of hydrogen-bond donors (Lipinski definition) is 1. The first-order valence-electron chi connectivity index (χ1n) is 16.3. The summed E-state index contributed by atoms with van der Waals surface area (Å²) in [7, 11) is 1.22. The Morgan fingerprint density at radius 1 is 1.00 bits per heavy atom. The van der Waals surface area contributed by atoms with E-state index < -0.39 is 14.4 Å². The normalized spacial score (nSPS) is 17.4. The summed E-state index contributed by atoms with van der Waals surface area (Å²) in [4.78, 5) is 13.0. The Morgan fingerprint density at radius 3 is 2.13 bits per heavy atom. The summed E-state index contributed by atoms with van der Waals surface area (Å²) < 4.78 is 25.7. The minimum Gasteiger partial charge on any atom is -0.497 e. The van der Waals surface area contributed by atoms with Crippen LogP contribution in [0.4, 0.5) is 0 Å². The average molecular weight is 769 g/mol. The van der Waals surface area contributed by atoms with Gasteiger partial charge in [-0.05, 0) is 85.2 Å². The third kappa shape index (κ3) is 14.3. The van der Waals surface area contributed by atoms with Gasteiger partial charge in [0, 0.05) is 25.4 Å². The molecule has 1 N–H and O–H groups in total. The molecule has 8 heteroatoms. The van der Waals surface area contributed by atoms with Crippen molar-refractivity contribution in [3.63, 3.8) is 0 Å². The summed E-state index contributed by atoms with van der Waals surface area (Å²) in [5, 5.41) is 11.0. The standard InChI is InChI=1S/C38H61IO6Si/c1-26(18-19-44-25-32-14-16-33(42-10)17-15-32)22-36(45-46(12,13)38(7,8)9)29(4)21-27(2)20-28(3)34(40)23-35(41)31(6)37(43-11)30(5)24-39/h14-17,20-22,24,29,31,34,36-37,40H,18-19,23,25H2,1-13H3/b26-22+,27-21-,28-20-,30-24+/t29-,31-,34?,36+,37+/m0/s1. The zero-order valence-electron chi connectivity index (χ0n) is 30.7. The SMILES string of the molecule is COc1ccc(COCC/C(C)=C/[C@@H](O[Si](C)(C)C(C)(C)C)[C@@H](C)/C=C(C)\C=C(\C)C(O)CC(=O)[C@H](C)[C@H](OC)/C(C)=C/I)cc1. The second-order valence-electron chi connectivity index (χ2n) is 14.1. The molecule has 1 unspecified atom stereocenters. The molecule has 0 saturated heterocycles. The maximum absolute atomic E-state index is 13.0. The Hall–Kier alpha value is -1.56. The zero-order valence-corrected chi connectivity index (χ0v) is 33.9. The van der Waals surface area contributed by atoms with E-state index in [9.17, 15) is 9.90 Å². The minimum absolute atomic E-state index is 0.0175. The van der Waals surface area contributed by atoms with Gasteiger partial charge in [0.1, 0.15) is 11.5 Å². The molecule has 46 heavy (non-hydrogen) atoms. The highest BCUT2D eigenvalue weighted by molar-refractivity contribution is 14.1. The lowest BCUT2D eigenvalue weighted by atomic mass is 9.90. The zero-order chi connectivity index (χ0) is 35.2. The molecule has 0 radical (unpaired) electrons. The van der Waals surface area contributed by atoms with Crippen LogP contribution in [0.15, 0.2) is 68.9 Å². The van der Waals surface area contributed by atoms with Crippen molar-refractivity contribution in [1.82, 2.24) is 0 Å². The number of aliphatic hydroxyl groups is 1. The lowest BCUT2D eigenvalue weighted by molar-refractivity contribution is -0.127. The topological polar surface area (TPSA) is 74.2 Å². The van der Waals surface area contributed by atoms with E-state index in [1.54, 1.807) is 14.2 Å². The molecule has 0 spiro atoms. The van der Waals surface area contributed by atoms with Crippen molar-refractivity contribution in [3.8, 4) is 5.75 Å². The maximum atomic E-state index is 13.0. The van der Waals surface area contributed by atoms with E-state index in [0.29, 0.717) is 13.2 Å². The van der Waals surface area contributed by atoms with E-state index in [1.807, 2.05) is 62.1 Å². The average Bonchev–Trinajstić information content (AvgIpc) is 2.98. The van der Waals surface area contributed by atoms with Crippen LogP contribution in [0.25, 0.3) is 0 Å². The van der Waals surface area contributed by atoms with Gasteiger partial charge in [0.15, 0.2) is 8.32 Å². The molecule has 5 atom stereocenters. The fraction of sp³-hybridized carbons (Fsp3) is 0.605. The number of Topliss-reactive ketones (excluding diaryl/α,β-unsaturated/α-hetero) is 1. The predicted molar refractivity (Wildman–Crippen MR) is 203 cm³/mol. The van der Waals surface area contributed by atoms with Crippen molar-refractivity contribution in [3.05, 3.63) is 74.4 Å². The number of methoxy groups -OCH3 is 2. The fourth-order valence-electron chi connectivity index (χ4n) is 4.88. The van der Waals surface area contributed by atoms with Crippen LogP contribution in [-0.2, 0) is 25.3 Å². The summed E-state index contributed by atoms with van der Waals surface area (Å²) in [5.41, 5.74) is 5.14. The van der Waals surface area contributed by atoms with Crippen molar-refractivity contribution in [2.24, 2.45) is 11.8 Å². The van der Waals surface area contributed by atoms with Crippen LogP contribution in [0.1, 0.15) is 80.7 Å². The molecule has 1 aromatic carbocycles. The van der Waals surface area contributed by atoms with Gasteiger partial charge in [-0.15, -0.1) is 0 Å². The number of ether oxygens (including phenoxy) is 3. The fourth-order valence-corrected chi connectivity index (χ4v) is 6.56. The van der Waals surface area contributed by atoms with Crippen LogP contribution in [0.2, 0.25) is 18.1 Å². The Kier molecular flexibility index (Phi) is 18.5. The van der Waals surface area contributed by atoms with Gasteiger partial charge in [0.25, 0.3) is 0 Å². The van der Waals surface area contributed by atoms with Crippen LogP contribution in [0.5, 0.6) is 5.75 Å². The van der Waals surface area contributed by atoms with Gasteiger partial charge in [-0.1, -0.05) is 98.7 Å².